The van der Waals surface area contributed by atoms with Crippen molar-refractivity contribution in [3.05, 3.63) is 95.6 Å². The minimum Gasteiger partial charge on any atom is -0.271 e. The lowest BCUT2D eigenvalue weighted by Gasteiger charge is -2.25. The van der Waals surface area contributed by atoms with Crippen molar-refractivity contribution in [1.29, 1.82) is 0 Å². The Balaban J connectivity index is 1.90. The molecule has 0 atom stereocenters. The summed E-state index contributed by atoms with van der Waals surface area (Å²) in [5.74, 6) is -0.526. The number of aryl methyl sites for hydroxylation is 2. The fourth-order valence-electron chi connectivity index (χ4n) is 3.24. The molecule has 3 rings (SSSR count). The highest BCUT2D eigenvalue weighted by atomic mass is 32.2. The zero-order valence-corrected chi connectivity index (χ0v) is 19.3. The normalized spacial score (nSPS) is 11.8. The molecule has 0 heterocycles. The van der Waals surface area contributed by atoms with Gasteiger partial charge in [-0.2, -0.15) is 5.10 Å². The first-order valence-corrected chi connectivity index (χ1v) is 11.8. The minimum atomic E-state index is -3.95. The Hall–Kier alpha value is -3.45. The maximum absolute atomic E-state index is 13.4. The van der Waals surface area contributed by atoms with Gasteiger partial charge in [0.2, 0.25) is 0 Å². The molecule has 166 valence electrons. The predicted octanol–water partition coefficient (Wildman–Crippen LogP) is 4.29. The number of rotatable bonds is 8. The van der Waals surface area contributed by atoms with E-state index in [-0.39, 0.29) is 11.4 Å². The Bertz CT molecular complexity index is 1200. The van der Waals surface area contributed by atoms with E-state index in [1.54, 1.807) is 37.3 Å². The van der Waals surface area contributed by atoms with Crippen molar-refractivity contribution in [2.75, 3.05) is 10.8 Å². The lowest BCUT2D eigenvalue weighted by molar-refractivity contribution is -0.119. The number of carbonyl (C=O) groups excluding carboxylic acids is 1. The van der Waals surface area contributed by atoms with Crippen molar-refractivity contribution in [3.63, 3.8) is 0 Å². The molecular weight excluding hydrogens is 422 g/mol. The van der Waals surface area contributed by atoms with Crippen molar-refractivity contribution < 1.29 is 13.2 Å². The van der Waals surface area contributed by atoms with Crippen LogP contribution in [0.25, 0.3) is 0 Å². The first-order chi connectivity index (χ1) is 15.3. The molecule has 0 saturated heterocycles. The van der Waals surface area contributed by atoms with Crippen LogP contribution >= 0.6 is 0 Å². The molecule has 0 bridgehead atoms. The van der Waals surface area contributed by atoms with Crippen LogP contribution in [-0.4, -0.2) is 26.6 Å². The lowest BCUT2D eigenvalue weighted by atomic mass is 10.1. The average molecular weight is 450 g/mol. The highest BCUT2D eigenvalue weighted by molar-refractivity contribution is 7.92. The molecule has 32 heavy (non-hydrogen) atoms. The van der Waals surface area contributed by atoms with Gasteiger partial charge in [-0.25, -0.2) is 13.8 Å². The number of sulfonamides is 1. The Morgan fingerprint density at radius 1 is 0.938 bits per heavy atom. The monoisotopic (exact) mass is 449 g/mol. The molecule has 3 aromatic carbocycles. The van der Waals surface area contributed by atoms with Gasteiger partial charge in [-0.3, -0.25) is 9.10 Å². The summed E-state index contributed by atoms with van der Waals surface area (Å²) in [5.41, 5.74) is 6.44. The molecule has 0 spiro atoms. The van der Waals surface area contributed by atoms with E-state index in [0.717, 1.165) is 21.0 Å². The second-order valence-electron chi connectivity index (χ2n) is 7.41. The number of para-hydroxylation sites is 1. The zero-order valence-electron chi connectivity index (χ0n) is 18.4. The van der Waals surface area contributed by atoms with Crippen LogP contribution in [0.1, 0.15) is 30.5 Å². The van der Waals surface area contributed by atoms with Gasteiger partial charge in [0.25, 0.3) is 15.9 Å². The van der Waals surface area contributed by atoms with Gasteiger partial charge in [-0.05, 0) is 49.6 Å². The molecule has 0 fully saturated rings. The first-order valence-electron chi connectivity index (χ1n) is 10.4. The van der Waals surface area contributed by atoms with Crippen LogP contribution in [0.5, 0.6) is 0 Å². The number of nitrogens with one attached hydrogen (secondary N) is 1. The quantitative estimate of drug-likeness (QED) is 0.412. The molecule has 0 aliphatic carbocycles. The molecule has 0 radical (unpaired) electrons. The summed E-state index contributed by atoms with van der Waals surface area (Å²) in [4.78, 5) is 12.9. The molecule has 0 aliphatic heterocycles. The minimum absolute atomic E-state index is 0.123. The number of carbonyl (C=O) groups is 1. The third kappa shape index (κ3) is 5.42. The largest absolute Gasteiger partial charge is 0.271 e. The van der Waals surface area contributed by atoms with E-state index >= 15 is 0 Å². The summed E-state index contributed by atoms with van der Waals surface area (Å²) < 4.78 is 28.0. The first kappa shape index (κ1) is 23.2. The van der Waals surface area contributed by atoms with Gasteiger partial charge in [0.05, 0.1) is 16.3 Å². The van der Waals surface area contributed by atoms with Crippen LogP contribution < -0.4 is 9.73 Å². The average Bonchev–Trinajstić information content (AvgIpc) is 2.82. The molecule has 7 heteroatoms. The highest BCUT2D eigenvalue weighted by Crippen LogP contribution is 2.27. The van der Waals surface area contributed by atoms with Crippen molar-refractivity contribution in [2.45, 2.75) is 32.1 Å². The van der Waals surface area contributed by atoms with Gasteiger partial charge in [-0.1, -0.05) is 73.2 Å². The summed E-state index contributed by atoms with van der Waals surface area (Å²) in [7, 11) is -3.95. The number of hydrazone groups is 1. The maximum Gasteiger partial charge on any atom is 0.264 e. The summed E-state index contributed by atoms with van der Waals surface area (Å²) in [5, 5.41) is 4.16. The Morgan fingerprint density at radius 3 is 2.22 bits per heavy atom. The number of benzene rings is 3. The number of hydrogen-bond acceptors (Lipinski definition) is 4. The van der Waals surface area contributed by atoms with Crippen LogP contribution in [0.15, 0.2) is 88.9 Å². The number of nitrogens with zero attached hydrogens (tertiary/aromatic N) is 2. The Morgan fingerprint density at radius 2 is 1.56 bits per heavy atom. The molecule has 3 aromatic rings. The van der Waals surface area contributed by atoms with Gasteiger partial charge >= 0.3 is 0 Å². The highest BCUT2D eigenvalue weighted by Gasteiger charge is 2.28. The molecule has 0 unspecified atom stereocenters. The Labute approximate surface area is 189 Å². The third-order valence-electron chi connectivity index (χ3n) is 5.08. The molecule has 0 aliphatic rings. The fourth-order valence-corrected chi connectivity index (χ4v) is 4.72. The van der Waals surface area contributed by atoms with E-state index < -0.39 is 15.9 Å². The van der Waals surface area contributed by atoms with Crippen molar-refractivity contribution in [1.82, 2.24) is 5.43 Å². The lowest BCUT2D eigenvalue weighted by Crippen LogP contribution is -2.40. The van der Waals surface area contributed by atoms with Gasteiger partial charge in [0.1, 0.15) is 6.54 Å². The van der Waals surface area contributed by atoms with Gasteiger partial charge < -0.3 is 0 Å². The van der Waals surface area contributed by atoms with Gasteiger partial charge in [-0.15, -0.1) is 0 Å². The molecule has 1 amide bonds. The molecule has 0 aromatic heterocycles. The van der Waals surface area contributed by atoms with Crippen LogP contribution in [-0.2, 0) is 21.2 Å². The third-order valence-corrected chi connectivity index (χ3v) is 6.85. The Kier molecular flexibility index (Phi) is 7.43. The second kappa shape index (κ2) is 10.2. The standard InChI is InChI=1S/C25H27N3O3S/c1-4-21-10-8-9-13-24(21)28(32(30,31)23-11-6-5-7-12-23)18-25(29)27-26-20(3)22-16-14-19(2)15-17-22/h5-17H,4,18H2,1-3H3,(H,27,29)/b26-20-. The van der Waals surface area contributed by atoms with Crippen LogP contribution in [0.4, 0.5) is 5.69 Å². The molecular formula is C25H27N3O3S. The molecule has 6 nitrogen and oxygen atoms in total. The van der Waals surface area contributed by atoms with E-state index in [2.05, 4.69) is 10.5 Å². The van der Waals surface area contributed by atoms with Crippen molar-refractivity contribution in [2.24, 2.45) is 5.10 Å². The number of amides is 1. The van der Waals surface area contributed by atoms with Crippen LogP contribution in [0.2, 0.25) is 0 Å². The number of hydrogen-bond donors (Lipinski definition) is 1. The van der Waals surface area contributed by atoms with Crippen molar-refractivity contribution in [3.8, 4) is 0 Å². The summed E-state index contributed by atoms with van der Waals surface area (Å²) >= 11 is 0. The zero-order chi connectivity index (χ0) is 23.1. The smallest absolute Gasteiger partial charge is 0.264 e. The number of anilines is 1. The SMILES string of the molecule is CCc1ccccc1N(CC(=O)N/N=C(/C)c1ccc(C)cc1)S(=O)(=O)c1ccccc1. The van der Waals surface area contributed by atoms with Crippen molar-refractivity contribution >= 4 is 27.3 Å². The molecule has 0 saturated carbocycles. The predicted molar refractivity (Wildman–Crippen MR) is 128 cm³/mol. The second-order valence-corrected chi connectivity index (χ2v) is 9.27. The van der Waals surface area contributed by atoms with E-state index in [4.69, 9.17) is 0 Å². The van der Waals surface area contributed by atoms with E-state index in [0.29, 0.717) is 17.8 Å². The van der Waals surface area contributed by atoms with Crippen LogP contribution in [0.3, 0.4) is 0 Å². The van der Waals surface area contributed by atoms with E-state index in [1.807, 2.05) is 50.2 Å². The maximum atomic E-state index is 13.4. The van der Waals surface area contributed by atoms with E-state index in [9.17, 15) is 13.2 Å². The summed E-state index contributed by atoms with van der Waals surface area (Å²) in [6.45, 7) is 5.34. The fraction of sp³-hybridized carbons (Fsp3) is 0.200. The van der Waals surface area contributed by atoms with Crippen LogP contribution in [0, 0.1) is 6.92 Å². The summed E-state index contributed by atoms with van der Waals surface area (Å²) in [6, 6.07) is 23.1. The molecule has 1 N–H and O–H groups in total. The summed E-state index contributed by atoms with van der Waals surface area (Å²) in [6.07, 6.45) is 0.628. The van der Waals surface area contributed by atoms with Gasteiger partial charge in [0.15, 0.2) is 0 Å². The van der Waals surface area contributed by atoms with Gasteiger partial charge in [0, 0.05) is 0 Å². The van der Waals surface area contributed by atoms with E-state index in [1.165, 1.54) is 12.1 Å². The topological polar surface area (TPSA) is 78.8 Å².